The van der Waals surface area contributed by atoms with Gasteiger partial charge in [0.25, 0.3) is 5.91 Å². The first-order valence-corrected chi connectivity index (χ1v) is 8.46. The van der Waals surface area contributed by atoms with Gasteiger partial charge in [0, 0.05) is 6.54 Å². The number of carbonyl (C=O) groups excluding carboxylic acids is 1. The first-order chi connectivity index (χ1) is 10.6. The molecule has 0 spiro atoms. The van der Waals surface area contributed by atoms with Crippen molar-refractivity contribution in [1.82, 2.24) is 15.1 Å². The molecule has 4 nitrogen and oxygen atoms in total. The third-order valence-electron chi connectivity index (χ3n) is 4.44. The molecule has 0 radical (unpaired) electrons. The number of amides is 1. The standard InChI is InChI=1S/C17H23N3OS/c1-13-16(21)20(17(22)18-13)12-15-7-5-14(6-8-15)11-19-9-3-2-4-10-19/h5-8,13H,2-4,9-12H2,1H3,(H,18,22). The van der Waals surface area contributed by atoms with E-state index in [4.69, 9.17) is 12.2 Å². The highest BCUT2D eigenvalue weighted by Crippen LogP contribution is 2.16. The van der Waals surface area contributed by atoms with Crippen LogP contribution in [0.25, 0.3) is 0 Å². The van der Waals surface area contributed by atoms with Gasteiger partial charge < -0.3 is 5.32 Å². The van der Waals surface area contributed by atoms with E-state index < -0.39 is 0 Å². The van der Waals surface area contributed by atoms with Crippen molar-refractivity contribution in [2.75, 3.05) is 13.1 Å². The SMILES string of the molecule is CC1NC(=S)N(Cc2ccc(CN3CCCCC3)cc2)C1=O. The summed E-state index contributed by atoms with van der Waals surface area (Å²) in [7, 11) is 0. The second-order valence-corrected chi connectivity index (χ2v) is 6.64. The molecule has 1 N–H and O–H groups in total. The molecule has 2 aliphatic rings. The Kier molecular flexibility index (Phi) is 4.74. The smallest absolute Gasteiger partial charge is 0.251 e. The van der Waals surface area contributed by atoms with Gasteiger partial charge >= 0.3 is 0 Å². The van der Waals surface area contributed by atoms with Crippen molar-refractivity contribution in [3.63, 3.8) is 0 Å². The van der Waals surface area contributed by atoms with Crippen LogP contribution < -0.4 is 5.32 Å². The van der Waals surface area contributed by atoms with Crippen LogP contribution in [0.2, 0.25) is 0 Å². The van der Waals surface area contributed by atoms with Crippen molar-refractivity contribution in [3.8, 4) is 0 Å². The van der Waals surface area contributed by atoms with Crippen molar-refractivity contribution >= 4 is 23.2 Å². The summed E-state index contributed by atoms with van der Waals surface area (Å²) < 4.78 is 0. The van der Waals surface area contributed by atoms with Crippen LogP contribution in [0, 0.1) is 0 Å². The van der Waals surface area contributed by atoms with Crippen molar-refractivity contribution in [3.05, 3.63) is 35.4 Å². The van der Waals surface area contributed by atoms with Crippen LogP contribution >= 0.6 is 12.2 Å². The highest BCUT2D eigenvalue weighted by Gasteiger charge is 2.31. The number of rotatable bonds is 4. The Morgan fingerprint density at radius 1 is 1.09 bits per heavy atom. The highest BCUT2D eigenvalue weighted by molar-refractivity contribution is 7.80. The number of nitrogens with zero attached hydrogens (tertiary/aromatic N) is 2. The molecule has 2 saturated heterocycles. The van der Waals surface area contributed by atoms with E-state index in [1.807, 2.05) is 6.92 Å². The van der Waals surface area contributed by atoms with E-state index in [9.17, 15) is 4.79 Å². The Bertz CT molecular complexity index is 552. The maximum absolute atomic E-state index is 12.0. The normalized spacial score (nSPS) is 23.0. The Hall–Kier alpha value is -1.46. The summed E-state index contributed by atoms with van der Waals surface area (Å²) in [5.74, 6) is 0.0578. The molecule has 2 fully saturated rings. The quantitative estimate of drug-likeness (QED) is 0.864. The molecule has 0 bridgehead atoms. The summed E-state index contributed by atoms with van der Waals surface area (Å²) in [4.78, 5) is 16.2. The van der Waals surface area contributed by atoms with E-state index in [2.05, 4.69) is 34.5 Å². The van der Waals surface area contributed by atoms with Crippen LogP contribution in [-0.4, -0.2) is 40.0 Å². The van der Waals surface area contributed by atoms with Gasteiger partial charge in [0.2, 0.25) is 0 Å². The van der Waals surface area contributed by atoms with E-state index in [0.29, 0.717) is 11.7 Å². The molecule has 2 aliphatic heterocycles. The van der Waals surface area contributed by atoms with E-state index >= 15 is 0 Å². The lowest BCUT2D eigenvalue weighted by Crippen LogP contribution is -2.30. The zero-order valence-corrected chi connectivity index (χ0v) is 13.9. The van der Waals surface area contributed by atoms with E-state index in [1.165, 1.54) is 37.9 Å². The summed E-state index contributed by atoms with van der Waals surface area (Å²) in [6.07, 6.45) is 4.00. The minimum atomic E-state index is -0.203. The van der Waals surface area contributed by atoms with Crippen molar-refractivity contribution in [1.29, 1.82) is 0 Å². The van der Waals surface area contributed by atoms with Gasteiger partial charge in [0.05, 0.1) is 6.54 Å². The summed E-state index contributed by atoms with van der Waals surface area (Å²) >= 11 is 5.22. The van der Waals surface area contributed by atoms with Crippen LogP contribution in [0.3, 0.4) is 0 Å². The molecule has 1 amide bonds. The minimum Gasteiger partial charge on any atom is -0.351 e. The molecular weight excluding hydrogens is 294 g/mol. The summed E-state index contributed by atoms with van der Waals surface area (Å²) in [6, 6.07) is 8.36. The van der Waals surface area contributed by atoms with Gasteiger partial charge in [-0.1, -0.05) is 30.7 Å². The molecule has 22 heavy (non-hydrogen) atoms. The van der Waals surface area contributed by atoms with Crippen molar-refractivity contribution in [2.45, 2.75) is 45.3 Å². The molecule has 0 aromatic heterocycles. The fourth-order valence-electron chi connectivity index (χ4n) is 3.12. The van der Waals surface area contributed by atoms with Gasteiger partial charge in [-0.25, -0.2) is 0 Å². The Balaban J connectivity index is 1.59. The number of hydrogen-bond acceptors (Lipinski definition) is 3. The van der Waals surface area contributed by atoms with Gasteiger partial charge in [0.15, 0.2) is 5.11 Å². The Morgan fingerprint density at radius 3 is 2.23 bits per heavy atom. The van der Waals surface area contributed by atoms with E-state index in [1.54, 1.807) is 4.90 Å². The lowest BCUT2D eigenvalue weighted by atomic mass is 10.1. The summed E-state index contributed by atoms with van der Waals surface area (Å²) in [5, 5.41) is 3.54. The molecule has 2 heterocycles. The molecule has 0 saturated carbocycles. The van der Waals surface area contributed by atoms with Crippen LogP contribution in [0.4, 0.5) is 0 Å². The number of benzene rings is 1. The zero-order chi connectivity index (χ0) is 15.5. The number of likely N-dealkylation sites (tertiary alicyclic amines) is 1. The van der Waals surface area contributed by atoms with Crippen LogP contribution in [-0.2, 0) is 17.9 Å². The topological polar surface area (TPSA) is 35.6 Å². The van der Waals surface area contributed by atoms with Gasteiger partial charge in [-0.2, -0.15) is 0 Å². The van der Waals surface area contributed by atoms with Gasteiger partial charge in [-0.15, -0.1) is 0 Å². The third-order valence-corrected chi connectivity index (χ3v) is 4.78. The second-order valence-electron chi connectivity index (χ2n) is 6.25. The molecular formula is C17H23N3OS. The lowest BCUT2D eigenvalue weighted by molar-refractivity contribution is -0.127. The Morgan fingerprint density at radius 2 is 1.68 bits per heavy atom. The fraction of sp³-hybridized carbons (Fsp3) is 0.529. The van der Waals surface area contributed by atoms with E-state index in [-0.39, 0.29) is 11.9 Å². The molecule has 3 rings (SSSR count). The van der Waals surface area contributed by atoms with Crippen LogP contribution in [0.15, 0.2) is 24.3 Å². The molecule has 118 valence electrons. The molecule has 1 aromatic rings. The molecule has 1 aromatic carbocycles. The predicted molar refractivity (Wildman–Crippen MR) is 91.3 cm³/mol. The first kappa shape index (κ1) is 15.4. The Labute approximate surface area is 137 Å². The average molecular weight is 317 g/mol. The number of nitrogens with one attached hydrogen (secondary N) is 1. The molecule has 0 aliphatic carbocycles. The number of piperidine rings is 1. The lowest BCUT2D eigenvalue weighted by Gasteiger charge is -2.26. The number of thiocarbonyl (C=S) groups is 1. The van der Waals surface area contributed by atoms with Crippen LogP contribution in [0.5, 0.6) is 0 Å². The minimum absolute atomic E-state index is 0.0578. The maximum atomic E-state index is 12.0. The number of carbonyl (C=O) groups is 1. The monoisotopic (exact) mass is 317 g/mol. The maximum Gasteiger partial charge on any atom is 0.251 e. The number of hydrogen-bond donors (Lipinski definition) is 1. The van der Waals surface area contributed by atoms with Crippen molar-refractivity contribution in [2.24, 2.45) is 0 Å². The fourth-order valence-corrected chi connectivity index (χ4v) is 3.45. The summed E-state index contributed by atoms with van der Waals surface area (Å²) in [6.45, 7) is 5.85. The van der Waals surface area contributed by atoms with E-state index in [0.717, 1.165) is 12.1 Å². The zero-order valence-electron chi connectivity index (χ0n) is 13.0. The molecule has 1 unspecified atom stereocenters. The van der Waals surface area contributed by atoms with Crippen LogP contribution in [0.1, 0.15) is 37.3 Å². The van der Waals surface area contributed by atoms with Gasteiger partial charge in [-0.3, -0.25) is 14.6 Å². The average Bonchev–Trinajstić information content (AvgIpc) is 2.77. The highest BCUT2D eigenvalue weighted by atomic mass is 32.1. The van der Waals surface area contributed by atoms with Crippen molar-refractivity contribution < 1.29 is 4.79 Å². The van der Waals surface area contributed by atoms with Gasteiger partial charge in [0.1, 0.15) is 6.04 Å². The summed E-state index contributed by atoms with van der Waals surface area (Å²) in [5.41, 5.74) is 2.46. The predicted octanol–water partition coefficient (Wildman–Crippen LogP) is 2.28. The molecule has 5 heteroatoms. The van der Waals surface area contributed by atoms with Gasteiger partial charge in [-0.05, 0) is 56.2 Å². The second kappa shape index (κ2) is 6.75. The first-order valence-electron chi connectivity index (χ1n) is 8.05. The largest absolute Gasteiger partial charge is 0.351 e. The third kappa shape index (κ3) is 3.47. The molecule has 1 atom stereocenters.